The van der Waals surface area contributed by atoms with E-state index in [9.17, 15) is 47.9 Å². The zero-order valence-electron chi connectivity index (χ0n) is 29.8. The van der Waals surface area contributed by atoms with E-state index in [1.54, 1.807) is 26.2 Å². The Bertz CT molecular complexity index is 3000. The Hall–Kier alpha value is -5.38. The minimum Gasteiger partial charge on any atom is -0.507 e. The maximum absolute atomic E-state index is 14.0. The fraction of sp³-hybridized carbons (Fsp3) is 0.167. The summed E-state index contributed by atoms with van der Waals surface area (Å²) in [6.07, 6.45) is 1.37. The van der Waals surface area contributed by atoms with Gasteiger partial charge in [-0.3, -0.25) is 9.11 Å². The third kappa shape index (κ3) is 8.25. The predicted molar refractivity (Wildman–Crippen MR) is 211 cm³/mol. The van der Waals surface area contributed by atoms with Crippen LogP contribution in [0.15, 0.2) is 105 Å². The Morgan fingerprint density at radius 1 is 0.571 bits per heavy atom. The lowest BCUT2D eigenvalue weighted by atomic mass is 10.1. The second-order valence-corrected chi connectivity index (χ2v) is 18.5. The number of nitrogens with one attached hydrogen (secondary N) is 3. The summed E-state index contributed by atoms with van der Waals surface area (Å²) < 4.78 is 135. The van der Waals surface area contributed by atoms with Crippen LogP contribution < -0.4 is 24.3 Å². The van der Waals surface area contributed by atoms with Crippen LogP contribution >= 0.6 is 0 Å². The largest absolute Gasteiger partial charge is 0.507 e. The molecule has 56 heavy (non-hydrogen) atoms. The van der Waals surface area contributed by atoms with Gasteiger partial charge in [-0.1, -0.05) is 25.5 Å². The van der Waals surface area contributed by atoms with Crippen molar-refractivity contribution in [3.63, 3.8) is 0 Å². The van der Waals surface area contributed by atoms with Gasteiger partial charge >= 0.3 is 20.2 Å². The molecule has 0 atom stereocenters. The molecule has 20 heteroatoms. The number of unbranched alkanes of at least 4 members (excludes halogenated alkanes) is 1. The molecule has 0 heterocycles. The molecule has 0 fully saturated rings. The van der Waals surface area contributed by atoms with Gasteiger partial charge in [0.1, 0.15) is 15.5 Å². The molecule has 6 N–H and O–H groups in total. The fourth-order valence-corrected chi connectivity index (χ4v) is 9.01. The number of fused-ring (bicyclic) bond motifs is 3. The molecule has 0 amide bonds. The lowest BCUT2D eigenvalue weighted by Crippen LogP contribution is -2.13. The van der Waals surface area contributed by atoms with Crippen LogP contribution in [-0.4, -0.2) is 68.5 Å². The molecule has 0 aliphatic rings. The third-order valence-electron chi connectivity index (χ3n) is 8.75. The van der Waals surface area contributed by atoms with Crippen LogP contribution in [0.5, 0.6) is 17.2 Å². The number of phenolic OH excluding ortho intramolecular Hbond substituents is 1. The van der Waals surface area contributed by atoms with E-state index < -0.39 is 77.3 Å². The molecule has 6 aromatic carbocycles. The number of hydrogen-bond acceptors (Lipinski definition) is 14. The maximum Gasteiger partial charge on any atom is 0.339 e. The summed E-state index contributed by atoms with van der Waals surface area (Å²) in [6, 6.07) is 17.2. The molecule has 6 aromatic rings. The smallest absolute Gasteiger partial charge is 0.339 e. The van der Waals surface area contributed by atoms with E-state index in [0.29, 0.717) is 24.3 Å². The van der Waals surface area contributed by atoms with Gasteiger partial charge in [0.25, 0.3) is 20.2 Å². The summed E-state index contributed by atoms with van der Waals surface area (Å²) in [4.78, 5) is -2.47. The van der Waals surface area contributed by atoms with Crippen LogP contribution in [0.25, 0.3) is 32.3 Å². The molecule has 0 aliphatic carbocycles. The van der Waals surface area contributed by atoms with Gasteiger partial charge in [-0.2, -0.15) is 33.7 Å². The minimum absolute atomic E-state index is 0.0361. The van der Waals surface area contributed by atoms with E-state index in [2.05, 4.69) is 16.0 Å². The molecule has 0 aromatic heterocycles. The van der Waals surface area contributed by atoms with Crippen molar-refractivity contribution in [1.82, 2.24) is 0 Å². The predicted octanol–water partition coefficient (Wildman–Crippen LogP) is 6.18. The van der Waals surface area contributed by atoms with E-state index in [1.807, 2.05) is 6.92 Å². The highest BCUT2D eigenvalue weighted by Gasteiger charge is 2.27. The van der Waals surface area contributed by atoms with Crippen LogP contribution in [0, 0.1) is 0 Å². The molecule has 0 saturated heterocycles. The molecular formula is C36H35N3O13S4. The van der Waals surface area contributed by atoms with E-state index in [4.69, 9.17) is 8.37 Å². The van der Waals surface area contributed by atoms with Crippen molar-refractivity contribution >= 4 is 89.9 Å². The van der Waals surface area contributed by atoms with Crippen molar-refractivity contribution in [3.05, 3.63) is 84.9 Å². The molecular weight excluding hydrogens is 811 g/mol. The zero-order chi connectivity index (χ0) is 40.8. The Morgan fingerprint density at radius 3 is 1.45 bits per heavy atom. The van der Waals surface area contributed by atoms with E-state index in [1.165, 1.54) is 24.3 Å². The summed E-state index contributed by atoms with van der Waals surface area (Å²) in [5.74, 6) is -1.51. The summed E-state index contributed by atoms with van der Waals surface area (Å²) in [7, 11) is -16.2. The highest BCUT2D eigenvalue weighted by atomic mass is 32.2. The number of phenols is 1. The number of rotatable bonds is 14. The van der Waals surface area contributed by atoms with Crippen molar-refractivity contribution in [2.75, 3.05) is 36.6 Å². The molecule has 6 rings (SSSR count). The second-order valence-electron chi connectivity index (χ2n) is 12.5. The fourth-order valence-electron chi connectivity index (χ4n) is 5.94. The van der Waals surface area contributed by atoms with Crippen molar-refractivity contribution in [2.45, 2.75) is 39.3 Å². The van der Waals surface area contributed by atoms with Crippen molar-refractivity contribution in [1.29, 1.82) is 0 Å². The molecule has 0 saturated carbocycles. The summed E-state index contributed by atoms with van der Waals surface area (Å²) in [5, 5.41) is 20.8. The summed E-state index contributed by atoms with van der Waals surface area (Å²) >= 11 is 0. The van der Waals surface area contributed by atoms with Crippen molar-refractivity contribution in [2.24, 2.45) is 0 Å². The first-order valence-electron chi connectivity index (χ1n) is 16.6. The van der Waals surface area contributed by atoms with Gasteiger partial charge in [0.15, 0.2) is 11.5 Å². The number of benzene rings is 6. The Kier molecular flexibility index (Phi) is 10.7. The molecule has 16 nitrogen and oxygen atoms in total. The minimum atomic E-state index is -4.93. The van der Waals surface area contributed by atoms with Gasteiger partial charge in [0.05, 0.1) is 9.79 Å². The van der Waals surface area contributed by atoms with Crippen LogP contribution in [0.2, 0.25) is 0 Å². The maximum atomic E-state index is 14.0. The van der Waals surface area contributed by atoms with E-state index in [-0.39, 0.29) is 38.0 Å². The summed E-state index contributed by atoms with van der Waals surface area (Å²) in [6.45, 7) is 2.24. The van der Waals surface area contributed by atoms with Crippen LogP contribution in [0.3, 0.4) is 0 Å². The van der Waals surface area contributed by atoms with Gasteiger partial charge in [-0.05, 0) is 77.2 Å². The Labute approximate surface area is 322 Å². The molecule has 0 aliphatic heterocycles. The first-order valence-corrected chi connectivity index (χ1v) is 22.3. The van der Waals surface area contributed by atoms with E-state index >= 15 is 0 Å². The first-order chi connectivity index (χ1) is 26.2. The molecule has 0 unspecified atom stereocenters. The van der Waals surface area contributed by atoms with Gasteiger partial charge < -0.3 is 29.4 Å². The molecule has 296 valence electrons. The van der Waals surface area contributed by atoms with Crippen molar-refractivity contribution < 1.29 is 56.2 Å². The van der Waals surface area contributed by atoms with Gasteiger partial charge in [0.2, 0.25) is 0 Å². The van der Waals surface area contributed by atoms with Crippen molar-refractivity contribution in [3.8, 4) is 17.2 Å². The average molecular weight is 846 g/mol. The quantitative estimate of drug-likeness (QED) is 0.0407. The monoisotopic (exact) mass is 845 g/mol. The van der Waals surface area contributed by atoms with Gasteiger partial charge in [0, 0.05) is 72.1 Å². The first kappa shape index (κ1) is 40.3. The SMILES string of the molecule is CCCCNc1cc(S(=O)(=O)Oc2cc(S(=O)(=O)O)cc3ccc(NC)cc23)cc2cc(S(=O)(=O)Oc3cc(S(=O)(=O)O)cc4ccc(NC)cc34)cc(O)c12. The lowest BCUT2D eigenvalue weighted by molar-refractivity contribution is 0.471. The standard InChI is InChI=1S/C36H35N3O13S4/c1-4-5-10-39-32-17-28(55(47,48)51-34-19-26(53(41,42)43)11-21-6-8-24(37-2)15-30(21)34)13-23-14-29(18-33(40)36(23)32)56(49,50)52-35-20-27(54(44,45)46)12-22-7-9-25(38-3)16-31(22)35/h6-9,11-20,37-40H,4-5,10H2,1-3H3,(H,41,42,43)(H,44,45,46). The number of anilines is 3. The van der Waals surface area contributed by atoms with E-state index in [0.717, 1.165) is 55.0 Å². The Morgan fingerprint density at radius 2 is 1.02 bits per heavy atom. The molecule has 0 bridgehead atoms. The normalized spacial score (nSPS) is 12.5. The average Bonchev–Trinajstić information content (AvgIpc) is 3.13. The zero-order valence-corrected chi connectivity index (χ0v) is 33.0. The van der Waals surface area contributed by atoms with Gasteiger partial charge in [-0.15, -0.1) is 0 Å². The lowest BCUT2D eigenvalue weighted by Gasteiger charge is -2.17. The molecule has 0 radical (unpaired) electrons. The third-order valence-corrected chi connectivity index (χ3v) is 12.8. The van der Waals surface area contributed by atoms with Crippen LogP contribution in [0.4, 0.5) is 17.1 Å². The van der Waals surface area contributed by atoms with Gasteiger partial charge in [-0.25, -0.2) is 0 Å². The highest BCUT2D eigenvalue weighted by Crippen LogP contribution is 2.40. The van der Waals surface area contributed by atoms with Crippen LogP contribution in [-0.2, 0) is 40.5 Å². The summed E-state index contributed by atoms with van der Waals surface area (Å²) in [5.41, 5.74) is 1.13. The second kappa shape index (κ2) is 14.9. The molecule has 0 spiro atoms. The Balaban J connectivity index is 1.51. The highest BCUT2D eigenvalue weighted by molar-refractivity contribution is 7.87. The van der Waals surface area contributed by atoms with Crippen LogP contribution in [0.1, 0.15) is 19.8 Å². The topological polar surface area (TPSA) is 252 Å². The number of hydrogen-bond donors (Lipinski definition) is 6. The number of aromatic hydroxyl groups is 1.